The molecule has 1 aliphatic carbocycles. The van der Waals surface area contributed by atoms with Gasteiger partial charge in [-0.25, -0.2) is 0 Å². The molecule has 2 aliphatic rings. The van der Waals surface area contributed by atoms with Gasteiger partial charge in [-0.3, -0.25) is 0 Å². The van der Waals surface area contributed by atoms with Crippen LogP contribution >= 0.6 is 0 Å². The number of aryl methyl sites for hydroxylation is 1. The zero-order valence-corrected chi connectivity index (χ0v) is 24.9. The predicted octanol–water partition coefficient (Wildman–Crippen LogP) is 10.3. The van der Waals surface area contributed by atoms with Gasteiger partial charge in [0.1, 0.15) is 0 Å². The number of nitriles is 1. The second-order valence-corrected chi connectivity index (χ2v) is 12.3. The molecule has 0 aromatic heterocycles. The van der Waals surface area contributed by atoms with Crippen LogP contribution in [0.5, 0.6) is 0 Å². The third-order valence-corrected chi connectivity index (χ3v) is 10.1. The highest BCUT2D eigenvalue weighted by atomic mass is 15.1. The van der Waals surface area contributed by atoms with E-state index in [0.29, 0.717) is 0 Å². The zero-order valence-electron chi connectivity index (χ0n) is 24.9. The first-order valence-electron chi connectivity index (χ1n) is 15.8. The van der Waals surface area contributed by atoms with Crippen LogP contribution in [0.15, 0.2) is 146 Å². The summed E-state index contributed by atoms with van der Waals surface area (Å²) in [7, 11) is 0. The van der Waals surface area contributed by atoms with Gasteiger partial charge >= 0.3 is 0 Å². The molecule has 0 amide bonds. The van der Waals surface area contributed by atoms with Gasteiger partial charge in [0.2, 0.25) is 0 Å². The molecular formula is C43H30N2. The van der Waals surface area contributed by atoms with E-state index < -0.39 is 5.41 Å². The molecule has 0 atom stereocenters. The quantitative estimate of drug-likeness (QED) is 0.196. The number of hydrogen-bond donors (Lipinski definition) is 0. The Labute approximate surface area is 263 Å². The summed E-state index contributed by atoms with van der Waals surface area (Å²) in [5.41, 5.74) is 11.7. The fraction of sp³-hybridized carbons (Fsp3) is 0.0930. The molecule has 0 saturated carbocycles. The van der Waals surface area contributed by atoms with Gasteiger partial charge in [0.15, 0.2) is 0 Å². The smallest absolute Gasteiger partial charge is 0.0991 e. The lowest BCUT2D eigenvalue weighted by atomic mass is 9.67. The van der Waals surface area contributed by atoms with Crippen molar-refractivity contribution in [1.82, 2.24) is 0 Å². The van der Waals surface area contributed by atoms with Gasteiger partial charge in [0, 0.05) is 17.9 Å². The van der Waals surface area contributed by atoms with Crippen LogP contribution in [-0.2, 0) is 11.8 Å². The molecule has 2 heteroatoms. The highest BCUT2D eigenvalue weighted by Crippen LogP contribution is 2.59. The monoisotopic (exact) mass is 574 g/mol. The fourth-order valence-electron chi connectivity index (χ4n) is 8.16. The van der Waals surface area contributed by atoms with E-state index in [9.17, 15) is 5.26 Å². The molecule has 0 radical (unpaired) electrons. The van der Waals surface area contributed by atoms with Crippen LogP contribution < -0.4 is 4.90 Å². The van der Waals surface area contributed by atoms with Crippen molar-refractivity contribution in [2.75, 3.05) is 11.4 Å². The molecule has 7 aromatic rings. The molecule has 0 unspecified atom stereocenters. The first kappa shape index (κ1) is 25.8. The molecule has 0 saturated heterocycles. The van der Waals surface area contributed by atoms with E-state index >= 15 is 0 Å². The largest absolute Gasteiger partial charge is 0.341 e. The van der Waals surface area contributed by atoms with Crippen molar-refractivity contribution in [1.29, 1.82) is 5.26 Å². The third-order valence-electron chi connectivity index (χ3n) is 10.1. The van der Waals surface area contributed by atoms with Crippen LogP contribution in [0.3, 0.4) is 0 Å². The normalized spacial score (nSPS) is 14.5. The molecule has 1 heterocycles. The summed E-state index contributed by atoms with van der Waals surface area (Å²) < 4.78 is 0. The molecule has 9 rings (SSSR count). The van der Waals surface area contributed by atoms with E-state index in [2.05, 4.69) is 150 Å². The zero-order chi connectivity index (χ0) is 30.0. The van der Waals surface area contributed by atoms with Crippen LogP contribution in [0.1, 0.15) is 39.8 Å². The minimum absolute atomic E-state index is 0.480. The van der Waals surface area contributed by atoms with Crippen molar-refractivity contribution in [3.05, 3.63) is 179 Å². The molecule has 1 aliphatic heterocycles. The predicted molar refractivity (Wildman–Crippen MR) is 185 cm³/mol. The van der Waals surface area contributed by atoms with Crippen LogP contribution in [-0.4, -0.2) is 6.54 Å². The van der Waals surface area contributed by atoms with Gasteiger partial charge in [-0.05, 0) is 104 Å². The summed E-state index contributed by atoms with van der Waals surface area (Å²) in [4.78, 5) is 2.45. The SMILES string of the molecule is N#Cc1ccc2c(c1)CCCN2c1ccc2c(c1)C(c1ccccc1)(c1ccccc1)c1ccc3c(ccc4ccccc43)c1-2. The molecule has 0 fully saturated rings. The number of fused-ring (bicyclic) bond motifs is 8. The third kappa shape index (κ3) is 3.68. The fourth-order valence-corrected chi connectivity index (χ4v) is 8.16. The summed E-state index contributed by atoms with van der Waals surface area (Å²) in [5.74, 6) is 0. The molecule has 0 bridgehead atoms. The highest BCUT2D eigenvalue weighted by Gasteiger charge is 2.47. The maximum absolute atomic E-state index is 9.56. The van der Waals surface area contributed by atoms with Crippen molar-refractivity contribution in [2.45, 2.75) is 18.3 Å². The van der Waals surface area contributed by atoms with Crippen LogP contribution in [0.4, 0.5) is 11.4 Å². The standard InChI is InChI=1S/C43H30N2/c44-28-29-17-24-41-31(26-29)11-9-25-45(41)34-19-21-38-40(27-34)43(32-12-3-1-4-13-32,33-14-5-2-6-15-33)39-23-22-36-35-16-8-7-10-30(35)18-20-37(36)42(38)39/h1-8,10,12-24,26-27H,9,11,25H2. The Kier molecular flexibility index (Phi) is 5.70. The van der Waals surface area contributed by atoms with E-state index in [1.807, 2.05) is 6.07 Å². The van der Waals surface area contributed by atoms with E-state index in [0.717, 1.165) is 24.9 Å². The number of nitrogens with zero attached hydrogens (tertiary/aromatic N) is 2. The summed E-state index contributed by atoms with van der Waals surface area (Å²) in [6, 6.07) is 55.7. The lowest BCUT2D eigenvalue weighted by molar-refractivity contribution is 0.756. The Balaban J connectivity index is 1.38. The van der Waals surface area contributed by atoms with Crippen LogP contribution in [0.25, 0.3) is 32.7 Å². The molecule has 0 spiro atoms. The molecule has 0 N–H and O–H groups in total. The Bertz CT molecular complexity index is 2270. The Morgan fingerprint density at radius 1 is 0.600 bits per heavy atom. The van der Waals surface area contributed by atoms with Crippen molar-refractivity contribution >= 4 is 32.9 Å². The van der Waals surface area contributed by atoms with Crippen LogP contribution in [0, 0.1) is 11.3 Å². The van der Waals surface area contributed by atoms with Gasteiger partial charge in [-0.2, -0.15) is 5.26 Å². The minimum Gasteiger partial charge on any atom is -0.341 e. The minimum atomic E-state index is -0.480. The second kappa shape index (κ2) is 9.94. The van der Waals surface area contributed by atoms with E-state index in [1.165, 1.54) is 71.9 Å². The van der Waals surface area contributed by atoms with Gasteiger partial charge in [0.05, 0.1) is 17.0 Å². The van der Waals surface area contributed by atoms with Gasteiger partial charge in [0.25, 0.3) is 0 Å². The average molecular weight is 575 g/mol. The van der Waals surface area contributed by atoms with E-state index in [-0.39, 0.29) is 0 Å². The van der Waals surface area contributed by atoms with Gasteiger partial charge in [-0.1, -0.05) is 115 Å². The number of benzene rings is 7. The van der Waals surface area contributed by atoms with Crippen molar-refractivity contribution in [2.24, 2.45) is 0 Å². The Morgan fingerprint density at radius 2 is 1.33 bits per heavy atom. The van der Waals surface area contributed by atoms with Crippen molar-refractivity contribution in [3.8, 4) is 17.2 Å². The topological polar surface area (TPSA) is 27.0 Å². The molecule has 212 valence electrons. The van der Waals surface area contributed by atoms with Crippen molar-refractivity contribution in [3.63, 3.8) is 0 Å². The summed E-state index contributed by atoms with van der Waals surface area (Å²) >= 11 is 0. The first-order valence-corrected chi connectivity index (χ1v) is 15.8. The van der Waals surface area contributed by atoms with E-state index in [4.69, 9.17) is 0 Å². The lowest BCUT2D eigenvalue weighted by Gasteiger charge is -2.36. The second-order valence-electron chi connectivity index (χ2n) is 12.3. The maximum Gasteiger partial charge on any atom is 0.0991 e. The number of anilines is 2. The highest BCUT2D eigenvalue weighted by molar-refractivity contribution is 6.14. The molecule has 2 nitrogen and oxygen atoms in total. The molecule has 45 heavy (non-hydrogen) atoms. The number of hydrogen-bond acceptors (Lipinski definition) is 2. The summed E-state index contributed by atoms with van der Waals surface area (Å²) in [6.45, 7) is 0.948. The Morgan fingerprint density at radius 3 is 2.11 bits per heavy atom. The number of rotatable bonds is 3. The van der Waals surface area contributed by atoms with Crippen molar-refractivity contribution < 1.29 is 0 Å². The summed E-state index contributed by atoms with van der Waals surface area (Å²) in [6.07, 6.45) is 2.05. The van der Waals surface area contributed by atoms with E-state index in [1.54, 1.807) is 0 Å². The van der Waals surface area contributed by atoms with Gasteiger partial charge in [-0.15, -0.1) is 0 Å². The first-order chi connectivity index (χ1) is 22.3. The molecular weight excluding hydrogens is 544 g/mol. The summed E-state index contributed by atoms with van der Waals surface area (Å²) in [5, 5.41) is 14.7. The Hall–Kier alpha value is -5.65. The lowest BCUT2D eigenvalue weighted by Crippen LogP contribution is -2.29. The maximum atomic E-state index is 9.56. The van der Waals surface area contributed by atoms with Crippen LogP contribution in [0.2, 0.25) is 0 Å². The molecule has 7 aromatic carbocycles. The van der Waals surface area contributed by atoms with Gasteiger partial charge < -0.3 is 4.90 Å². The average Bonchev–Trinajstić information content (AvgIpc) is 3.42.